The van der Waals surface area contributed by atoms with Crippen molar-refractivity contribution >= 4 is 27.9 Å². The monoisotopic (exact) mass is 342 g/mol. The SMILES string of the molecule is CCC1(CC)C(=O)NC(=O)N1Cc1ccc(F)cc1Br. The molecule has 0 aromatic heterocycles. The van der Waals surface area contributed by atoms with Crippen molar-refractivity contribution < 1.29 is 14.0 Å². The normalized spacial score (nSPS) is 17.5. The Morgan fingerprint density at radius 2 is 1.95 bits per heavy atom. The summed E-state index contributed by atoms with van der Waals surface area (Å²) in [6, 6.07) is 3.92. The lowest BCUT2D eigenvalue weighted by Gasteiger charge is -2.33. The van der Waals surface area contributed by atoms with E-state index >= 15 is 0 Å². The largest absolute Gasteiger partial charge is 0.325 e. The molecule has 1 heterocycles. The molecular weight excluding hydrogens is 327 g/mol. The Morgan fingerprint density at radius 1 is 1.30 bits per heavy atom. The van der Waals surface area contributed by atoms with E-state index in [4.69, 9.17) is 0 Å². The van der Waals surface area contributed by atoms with E-state index < -0.39 is 11.6 Å². The highest BCUT2D eigenvalue weighted by molar-refractivity contribution is 9.10. The van der Waals surface area contributed by atoms with Crippen LogP contribution in [0.5, 0.6) is 0 Å². The lowest BCUT2D eigenvalue weighted by atomic mass is 9.91. The highest BCUT2D eigenvalue weighted by Gasteiger charge is 2.50. The predicted molar refractivity (Wildman–Crippen MR) is 76.5 cm³/mol. The van der Waals surface area contributed by atoms with Crippen molar-refractivity contribution in [2.24, 2.45) is 0 Å². The summed E-state index contributed by atoms with van der Waals surface area (Å²) in [6.07, 6.45) is 1.08. The zero-order chi connectivity index (χ0) is 14.9. The van der Waals surface area contributed by atoms with Gasteiger partial charge in [0, 0.05) is 11.0 Å². The number of nitrogens with zero attached hydrogens (tertiary/aromatic N) is 1. The number of carbonyl (C=O) groups excluding carboxylic acids is 2. The number of nitrogens with one attached hydrogen (secondary N) is 1. The van der Waals surface area contributed by atoms with Crippen LogP contribution in [-0.2, 0) is 11.3 Å². The molecule has 1 aliphatic rings. The minimum atomic E-state index is -0.815. The summed E-state index contributed by atoms with van der Waals surface area (Å²) >= 11 is 3.29. The van der Waals surface area contributed by atoms with Gasteiger partial charge in [-0.2, -0.15) is 0 Å². The van der Waals surface area contributed by atoms with E-state index in [0.29, 0.717) is 17.3 Å². The third-order valence-electron chi connectivity index (χ3n) is 3.92. The number of hydrogen-bond acceptors (Lipinski definition) is 2. The number of carbonyl (C=O) groups is 2. The van der Waals surface area contributed by atoms with Crippen molar-refractivity contribution in [3.63, 3.8) is 0 Å². The minimum absolute atomic E-state index is 0.259. The van der Waals surface area contributed by atoms with Crippen molar-refractivity contribution in [3.8, 4) is 0 Å². The van der Waals surface area contributed by atoms with Crippen LogP contribution in [0.25, 0.3) is 0 Å². The maximum atomic E-state index is 13.1. The maximum absolute atomic E-state index is 13.1. The number of rotatable bonds is 4. The molecule has 0 aliphatic carbocycles. The van der Waals surface area contributed by atoms with E-state index in [9.17, 15) is 14.0 Å². The van der Waals surface area contributed by atoms with Crippen molar-refractivity contribution in [1.82, 2.24) is 10.2 Å². The molecule has 1 aromatic rings. The Balaban J connectivity index is 2.35. The van der Waals surface area contributed by atoms with Gasteiger partial charge in [-0.25, -0.2) is 9.18 Å². The van der Waals surface area contributed by atoms with E-state index in [2.05, 4.69) is 21.2 Å². The van der Waals surface area contributed by atoms with E-state index in [0.717, 1.165) is 5.56 Å². The van der Waals surface area contributed by atoms with Crippen LogP contribution < -0.4 is 5.32 Å². The fourth-order valence-electron chi connectivity index (χ4n) is 2.59. The Labute approximate surface area is 125 Å². The Kier molecular flexibility index (Phi) is 4.13. The first-order valence-electron chi connectivity index (χ1n) is 6.51. The van der Waals surface area contributed by atoms with E-state index in [1.165, 1.54) is 17.0 Å². The summed E-state index contributed by atoms with van der Waals surface area (Å²) in [5.74, 6) is -0.606. The molecular formula is C14H16BrFN2O2. The zero-order valence-corrected chi connectivity index (χ0v) is 13.0. The van der Waals surface area contributed by atoms with Crippen LogP contribution in [0.15, 0.2) is 22.7 Å². The van der Waals surface area contributed by atoms with Gasteiger partial charge in [0.05, 0.1) is 0 Å². The van der Waals surface area contributed by atoms with Gasteiger partial charge in [-0.15, -0.1) is 0 Å². The van der Waals surface area contributed by atoms with E-state index in [-0.39, 0.29) is 18.3 Å². The molecule has 0 radical (unpaired) electrons. The van der Waals surface area contributed by atoms with Gasteiger partial charge in [0.2, 0.25) is 0 Å². The smallest absolute Gasteiger partial charge is 0.305 e. The van der Waals surface area contributed by atoms with Gasteiger partial charge in [-0.1, -0.05) is 35.8 Å². The summed E-state index contributed by atoms with van der Waals surface area (Å²) in [5.41, 5.74) is -0.0483. The number of urea groups is 1. The molecule has 1 aromatic carbocycles. The molecule has 1 N–H and O–H groups in total. The average Bonchev–Trinajstić information content (AvgIpc) is 2.64. The van der Waals surface area contributed by atoms with Gasteiger partial charge >= 0.3 is 6.03 Å². The second kappa shape index (κ2) is 5.52. The third kappa shape index (κ3) is 2.32. The second-order valence-corrected chi connectivity index (χ2v) is 5.67. The zero-order valence-electron chi connectivity index (χ0n) is 11.4. The van der Waals surface area contributed by atoms with Crippen LogP contribution in [0.4, 0.5) is 9.18 Å². The van der Waals surface area contributed by atoms with Crippen LogP contribution in [0.2, 0.25) is 0 Å². The first-order chi connectivity index (χ1) is 9.44. The number of imide groups is 1. The summed E-state index contributed by atoms with van der Waals surface area (Å²) < 4.78 is 13.7. The first kappa shape index (κ1) is 15.0. The molecule has 0 bridgehead atoms. The van der Waals surface area contributed by atoms with Crippen molar-refractivity contribution in [3.05, 3.63) is 34.1 Å². The van der Waals surface area contributed by atoms with Crippen LogP contribution in [0, 0.1) is 5.82 Å². The molecule has 20 heavy (non-hydrogen) atoms. The van der Waals surface area contributed by atoms with Gasteiger partial charge in [0.15, 0.2) is 0 Å². The van der Waals surface area contributed by atoms with Gasteiger partial charge in [-0.3, -0.25) is 10.1 Å². The van der Waals surface area contributed by atoms with E-state index in [1.54, 1.807) is 6.07 Å². The van der Waals surface area contributed by atoms with Gasteiger partial charge in [0.1, 0.15) is 11.4 Å². The number of hydrogen-bond donors (Lipinski definition) is 1. The summed E-state index contributed by atoms with van der Waals surface area (Å²) in [5, 5.41) is 2.37. The van der Waals surface area contributed by atoms with Crippen molar-refractivity contribution in [1.29, 1.82) is 0 Å². The van der Waals surface area contributed by atoms with Crippen LogP contribution in [0.3, 0.4) is 0 Å². The molecule has 1 fully saturated rings. The Morgan fingerprint density at radius 3 is 2.50 bits per heavy atom. The molecule has 2 rings (SSSR count). The summed E-state index contributed by atoms with van der Waals surface area (Å²) in [7, 11) is 0. The maximum Gasteiger partial charge on any atom is 0.325 e. The van der Waals surface area contributed by atoms with E-state index in [1.807, 2.05) is 13.8 Å². The third-order valence-corrected chi connectivity index (χ3v) is 4.66. The standard InChI is InChI=1S/C14H16BrFN2O2/c1-3-14(4-2)12(19)17-13(20)18(14)8-9-5-6-10(16)7-11(9)15/h5-7H,3-4,8H2,1-2H3,(H,17,19,20). The summed E-state index contributed by atoms with van der Waals surface area (Å²) in [4.78, 5) is 25.6. The molecule has 0 unspecified atom stereocenters. The topological polar surface area (TPSA) is 49.4 Å². The van der Waals surface area contributed by atoms with Crippen LogP contribution in [0.1, 0.15) is 32.3 Å². The number of benzene rings is 1. The average molecular weight is 343 g/mol. The van der Waals surface area contributed by atoms with Gasteiger partial charge in [0.25, 0.3) is 5.91 Å². The molecule has 0 atom stereocenters. The van der Waals surface area contributed by atoms with Gasteiger partial charge < -0.3 is 4.90 Å². The van der Waals surface area contributed by atoms with Crippen LogP contribution in [-0.4, -0.2) is 22.4 Å². The molecule has 1 saturated heterocycles. The number of halogens is 2. The first-order valence-corrected chi connectivity index (χ1v) is 7.31. The lowest BCUT2D eigenvalue weighted by Crippen LogP contribution is -2.48. The van der Waals surface area contributed by atoms with Crippen molar-refractivity contribution in [2.75, 3.05) is 0 Å². The molecule has 1 aliphatic heterocycles. The molecule has 108 valence electrons. The van der Waals surface area contributed by atoms with Gasteiger partial charge in [-0.05, 0) is 30.5 Å². The highest BCUT2D eigenvalue weighted by Crippen LogP contribution is 2.32. The van der Waals surface area contributed by atoms with Crippen LogP contribution >= 0.6 is 15.9 Å². The lowest BCUT2D eigenvalue weighted by molar-refractivity contribution is -0.127. The fraction of sp³-hybridized carbons (Fsp3) is 0.429. The summed E-state index contributed by atoms with van der Waals surface area (Å²) in [6.45, 7) is 4.03. The number of amides is 3. The Bertz CT molecular complexity index is 558. The molecule has 0 saturated carbocycles. The molecule has 3 amide bonds. The highest BCUT2D eigenvalue weighted by atomic mass is 79.9. The quantitative estimate of drug-likeness (QED) is 0.854. The second-order valence-electron chi connectivity index (χ2n) is 4.82. The molecule has 4 nitrogen and oxygen atoms in total. The fourth-order valence-corrected chi connectivity index (χ4v) is 3.07. The van der Waals surface area contributed by atoms with Crippen molar-refractivity contribution in [2.45, 2.75) is 38.8 Å². The molecule has 6 heteroatoms. The predicted octanol–water partition coefficient (Wildman–Crippen LogP) is 3.20. The molecule has 0 spiro atoms. The Hall–Kier alpha value is -1.43. The minimum Gasteiger partial charge on any atom is -0.305 e.